The normalized spacial score (nSPS) is 30.9. The number of amides is 1. The molecule has 0 unspecified atom stereocenters. The lowest BCUT2D eigenvalue weighted by Gasteiger charge is -2.64. The SMILES string of the molecule is C[C@H](N)C(=O)NC[C@@H](Cc1ccc(OC(F)(F)F)cc1)B1O[C@H]2C[C@H]3C[C@H](C3(C)C)[C@@]2(C)O1.Cl. The first kappa shape index (κ1) is 27.1. The van der Waals surface area contributed by atoms with Gasteiger partial charge in [-0.25, -0.2) is 0 Å². The fraction of sp³-hybridized carbons (Fsp3) is 0.696. The Kier molecular flexibility index (Phi) is 7.59. The van der Waals surface area contributed by atoms with Crippen molar-refractivity contribution in [1.82, 2.24) is 5.32 Å². The minimum Gasteiger partial charge on any atom is -0.406 e. The van der Waals surface area contributed by atoms with Crippen molar-refractivity contribution in [3.63, 3.8) is 0 Å². The summed E-state index contributed by atoms with van der Waals surface area (Å²) in [6.45, 7) is 8.59. The second kappa shape index (κ2) is 9.52. The zero-order chi connectivity index (χ0) is 24.2. The molecule has 3 saturated carbocycles. The monoisotopic (exact) mass is 504 g/mol. The number of ether oxygens (including phenoxy) is 1. The molecule has 1 aliphatic heterocycles. The van der Waals surface area contributed by atoms with Crippen LogP contribution < -0.4 is 15.8 Å². The summed E-state index contributed by atoms with van der Waals surface area (Å²) in [5, 5.41) is 2.86. The first-order valence-corrected chi connectivity index (χ1v) is 11.5. The van der Waals surface area contributed by atoms with E-state index in [1.54, 1.807) is 19.1 Å². The number of hydrogen-bond donors (Lipinski definition) is 2. The van der Waals surface area contributed by atoms with E-state index in [2.05, 4.69) is 30.8 Å². The van der Waals surface area contributed by atoms with Gasteiger partial charge in [0.05, 0.1) is 17.7 Å². The quantitative estimate of drug-likeness (QED) is 0.546. The number of halogens is 4. The van der Waals surface area contributed by atoms with Crippen molar-refractivity contribution in [3.8, 4) is 5.75 Å². The van der Waals surface area contributed by atoms with E-state index in [0.29, 0.717) is 18.3 Å². The summed E-state index contributed by atoms with van der Waals surface area (Å²) < 4.78 is 54.3. The highest BCUT2D eigenvalue weighted by Gasteiger charge is 2.68. The summed E-state index contributed by atoms with van der Waals surface area (Å²) in [6, 6.07) is 5.10. The molecular formula is C23H33BClF3N2O4. The molecule has 0 spiro atoms. The van der Waals surface area contributed by atoms with Crippen LogP contribution in [0.3, 0.4) is 0 Å². The molecule has 0 radical (unpaired) electrons. The molecule has 1 saturated heterocycles. The van der Waals surface area contributed by atoms with Gasteiger partial charge in [0.2, 0.25) is 5.91 Å². The minimum absolute atomic E-state index is 0. The Hall–Kier alpha value is -1.49. The second-order valence-electron chi connectivity index (χ2n) is 10.5. The Balaban J connectivity index is 0.00000324. The van der Waals surface area contributed by atoms with Gasteiger partial charge in [-0.05, 0) is 68.1 Å². The molecule has 190 valence electrons. The number of hydrogen-bond acceptors (Lipinski definition) is 5. The van der Waals surface area contributed by atoms with Crippen molar-refractivity contribution >= 4 is 25.4 Å². The van der Waals surface area contributed by atoms with Gasteiger partial charge < -0.3 is 25.1 Å². The maximum Gasteiger partial charge on any atom is 0.573 e. The fourth-order valence-corrected chi connectivity index (χ4v) is 5.89. The molecule has 1 amide bonds. The number of benzene rings is 1. The number of rotatable bonds is 7. The van der Waals surface area contributed by atoms with Gasteiger partial charge in [0, 0.05) is 12.4 Å². The summed E-state index contributed by atoms with van der Waals surface area (Å²) in [5.41, 5.74) is 6.29. The largest absolute Gasteiger partial charge is 0.573 e. The lowest BCUT2D eigenvalue weighted by atomic mass is 9.43. The number of nitrogens with two attached hydrogens (primary N) is 1. The maximum atomic E-state index is 12.5. The third-order valence-corrected chi connectivity index (χ3v) is 7.96. The Labute approximate surface area is 205 Å². The molecule has 5 rings (SSSR count). The molecule has 1 heterocycles. The van der Waals surface area contributed by atoms with Crippen LogP contribution in [0.2, 0.25) is 5.82 Å². The highest BCUT2D eigenvalue weighted by atomic mass is 35.5. The van der Waals surface area contributed by atoms with E-state index < -0.39 is 25.1 Å². The van der Waals surface area contributed by atoms with Crippen LogP contribution in [0.25, 0.3) is 0 Å². The van der Waals surface area contributed by atoms with Crippen molar-refractivity contribution in [2.45, 2.75) is 76.9 Å². The van der Waals surface area contributed by atoms with Crippen LogP contribution >= 0.6 is 12.4 Å². The fourth-order valence-electron chi connectivity index (χ4n) is 5.89. The minimum atomic E-state index is -4.74. The second-order valence-corrected chi connectivity index (χ2v) is 10.5. The molecule has 1 aromatic rings. The molecule has 2 bridgehead atoms. The first-order valence-electron chi connectivity index (χ1n) is 11.5. The Morgan fingerprint density at radius 2 is 1.91 bits per heavy atom. The highest BCUT2D eigenvalue weighted by molar-refractivity contribution is 6.47. The number of carbonyl (C=O) groups is 1. The molecule has 11 heteroatoms. The summed E-state index contributed by atoms with van der Waals surface area (Å²) in [4.78, 5) is 12.1. The van der Waals surface area contributed by atoms with Crippen LogP contribution in [0.15, 0.2) is 24.3 Å². The van der Waals surface area contributed by atoms with E-state index >= 15 is 0 Å². The van der Waals surface area contributed by atoms with Crippen molar-refractivity contribution in [2.75, 3.05) is 6.54 Å². The van der Waals surface area contributed by atoms with Gasteiger partial charge in [-0.2, -0.15) is 0 Å². The van der Waals surface area contributed by atoms with E-state index in [1.807, 2.05) is 0 Å². The summed E-state index contributed by atoms with van der Waals surface area (Å²) in [6.07, 6.45) is -2.22. The third-order valence-electron chi connectivity index (χ3n) is 7.96. The van der Waals surface area contributed by atoms with Crippen LogP contribution in [0.4, 0.5) is 13.2 Å². The topological polar surface area (TPSA) is 82.8 Å². The zero-order valence-corrected chi connectivity index (χ0v) is 20.7. The molecule has 3 aliphatic carbocycles. The Morgan fingerprint density at radius 1 is 1.26 bits per heavy atom. The number of carbonyl (C=O) groups excluding carboxylic acids is 1. The Bertz CT molecular complexity index is 886. The van der Waals surface area contributed by atoms with Gasteiger partial charge in [0.15, 0.2) is 0 Å². The van der Waals surface area contributed by atoms with Gasteiger partial charge in [-0.3, -0.25) is 4.79 Å². The molecule has 6 nitrogen and oxygen atoms in total. The number of nitrogens with one attached hydrogen (secondary N) is 1. The predicted octanol–water partition coefficient (Wildman–Crippen LogP) is 4.11. The molecule has 4 aliphatic rings. The van der Waals surface area contributed by atoms with E-state index in [-0.39, 0.29) is 47.9 Å². The average molecular weight is 505 g/mol. The van der Waals surface area contributed by atoms with Crippen LogP contribution in [0.5, 0.6) is 5.75 Å². The molecule has 3 N–H and O–H groups in total. The molecule has 34 heavy (non-hydrogen) atoms. The van der Waals surface area contributed by atoms with Crippen LogP contribution in [-0.4, -0.2) is 43.7 Å². The smallest absolute Gasteiger partial charge is 0.406 e. The summed E-state index contributed by atoms with van der Waals surface area (Å²) >= 11 is 0. The zero-order valence-electron chi connectivity index (χ0n) is 19.9. The van der Waals surface area contributed by atoms with Crippen molar-refractivity contribution in [2.24, 2.45) is 23.0 Å². The van der Waals surface area contributed by atoms with Crippen molar-refractivity contribution in [3.05, 3.63) is 29.8 Å². The predicted molar refractivity (Wildman–Crippen MR) is 125 cm³/mol. The lowest BCUT2D eigenvalue weighted by molar-refractivity contribution is -0.274. The maximum absolute atomic E-state index is 12.5. The van der Waals surface area contributed by atoms with Crippen molar-refractivity contribution in [1.29, 1.82) is 0 Å². The van der Waals surface area contributed by atoms with Gasteiger partial charge in [-0.15, -0.1) is 25.6 Å². The molecule has 0 aromatic heterocycles. The van der Waals surface area contributed by atoms with Crippen molar-refractivity contribution < 1.29 is 32.0 Å². The van der Waals surface area contributed by atoms with E-state index in [0.717, 1.165) is 18.4 Å². The van der Waals surface area contributed by atoms with Crippen LogP contribution in [0, 0.1) is 17.3 Å². The molecule has 4 fully saturated rings. The van der Waals surface area contributed by atoms with Gasteiger partial charge in [0.1, 0.15) is 5.75 Å². The average Bonchev–Trinajstić information content (AvgIpc) is 3.07. The van der Waals surface area contributed by atoms with Crippen LogP contribution in [0.1, 0.15) is 46.1 Å². The first-order chi connectivity index (χ1) is 15.3. The summed E-state index contributed by atoms with van der Waals surface area (Å²) in [7, 11) is -0.533. The van der Waals surface area contributed by atoms with E-state index in [9.17, 15) is 18.0 Å². The highest BCUT2D eigenvalue weighted by Crippen LogP contribution is 2.66. The van der Waals surface area contributed by atoms with Gasteiger partial charge >= 0.3 is 13.5 Å². The standard InChI is InChI=1S/C23H32BF3N2O4.ClH/c1-13(28)20(30)29-12-16(9-14-5-7-17(8-6-14)31-23(25,26)27)24-32-19-11-15-10-18(21(15,2)3)22(19,4)33-24;/h5-8,13,15-16,18-19H,9-12,28H2,1-4H3,(H,29,30);1H/t13-,15+,16+,18+,19-,22+;/m0./s1. The van der Waals surface area contributed by atoms with Crippen LogP contribution in [-0.2, 0) is 20.5 Å². The lowest BCUT2D eigenvalue weighted by Crippen LogP contribution is -2.65. The van der Waals surface area contributed by atoms with E-state index in [1.165, 1.54) is 12.1 Å². The molecule has 1 aromatic carbocycles. The Morgan fingerprint density at radius 3 is 2.47 bits per heavy atom. The van der Waals surface area contributed by atoms with Gasteiger partial charge in [0.25, 0.3) is 0 Å². The third kappa shape index (κ3) is 5.20. The van der Waals surface area contributed by atoms with E-state index in [4.69, 9.17) is 15.0 Å². The summed E-state index contributed by atoms with van der Waals surface area (Å²) in [5.74, 6) is 0.225. The molecular weight excluding hydrogens is 472 g/mol. The van der Waals surface area contributed by atoms with Gasteiger partial charge in [-0.1, -0.05) is 26.0 Å². The number of alkyl halides is 3. The molecule has 6 atom stereocenters.